The van der Waals surface area contributed by atoms with Crippen LogP contribution >= 0.6 is 0 Å². The van der Waals surface area contributed by atoms with Crippen molar-refractivity contribution >= 4 is 22.0 Å². The van der Waals surface area contributed by atoms with Gasteiger partial charge < -0.3 is 14.5 Å². The van der Waals surface area contributed by atoms with Gasteiger partial charge in [0.2, 0.25) is 10.0 Å². The fourth-order valence-corrected chi connectivity index (χ4v) is 2.65. The lowest BCUT2D eigenvalue weighted by molar-refractivity contribution is -0.143. The van der Waals surface area contributed by atoms with E-state index in [-0.39, 0.29) is 6.42 Å². The highest BCUT2D eigenvalue weighted by Crippen LogP contribution is 2.07. The van der Waals surface area contributed by atoms with E-state index in [9.17, 15) is 18.0 Å². The lowest BCUT2D eigenvalue weighted by Gasteiger charge is -2.18. The topological polar surface area (TPSA) is 127 Å². The first-order chi connectivity index (χ1) is 9.81. The van der Waals surface area contributed by atoms with Gasteiger partial charge in [-0.3, -0.25) is 9.59 Å². The van der Waals surface area contributed by atoms with Crippen molar-refractivity contribution in [1.82, 2.24) is 14.7 Å². The van der Waals surface area contributed by atoms with Crippen molar-refractivity contribution in [3.63, 3.8) is 0 Å². The fraction of sp³-hybridized carbons (Fsp3) is 0.545. The summed E-state index contributed by atoms with van der Waals surface area (Å²) in [7, 11) is -1.87. The predicted molar refractivity (Wildman–Crippen MR) is 71.6 cm³/mol. The molecule has 0 aromatic carbocycles. The Labute approximate surface area is 122 Å². The molecule has 1 heterocycles. The molecule has 0 aliphatic carbocycles. The number of nitrogens with one attached hydrogen (secondary N) is 2. The minimum atomic E-state index is -4.09. The minimum absolute atomic E-state index is 0.0137. The number of carbonyl (C=O) groups excluding carboxylic acids is 2. The lowest BCUT2D eigenvalue weighted by Crippen LogP contribution is -2.48. The van der Waals surface area contributed by atoms with Crippen molar-refractivity contribution in [2.24, 2.45) is 0 Å². The lowest BCUT2D eigenvalue weighted by atomic mass is 10.2. The summed E-state index contributed by atoms with van der Waals surface area (Å²) >= 11 is 0. The number of rotatable bonds is 7. The van der Waals surface area contributed by atoms with Crippen LogP contribution in [0, 0.1) is 0 Å². The maximum atomic E-state index is 12.0. The molecule has 1 aromatic rings. The van der Waals surface area contributed by atoms with E-state index in [0.29, 0.717) is 5.69 Å². The Morgan fingerprint density at radius 2 is 1.95 bits per heavy atom. The second-order valence-electron chi connectivity index (χ2n) is 4.18. The fourth-order valence-electron chi connectivity index (χ4n) is 1.52. The third-order valence-electron chi connectivity index (χ3n) is 2.77. The first kappa shape index (κ1) is 17.1. The Kier molecular flexibility index (Phi) is 5.85. The van der Waals surface area contributed by atoms with Crippen LogP contribution in [0.25, 0.3) is 0 Å². The standard InChI is InChI=1S/C11H17N3O6S/c1-7(10(15)19-2)21(17,18)14-9(11(16)20-3)4-8-5-12-6-13-8/h5-7,9,14H,4H2,1-3H3,(H,12,13)/t7?,9-/m0/s1. The molecular formula is C11H17N3O6S. The molecule has 0 aliphatic rings. The first-order valence-electron chi connectivity index (χ1n) is 5.96. The van der Waals surface area contributed by atoms with E-state index in [1.807, 2.05) is 0 Å². The number of carbonyl (C=O) groups is 2. The molecule has 0 saturated carbocycles. The van der Waals surface area contributed by atoms with Gasteiger partial charge in [0, 0.05) is 18.3 Å². The van der Waals surface area contributed by atoms with Crippen LogP contribution in [0.4, 0.5) is 0 Å². The van der Waals surface area contributed by atoms with Gasteiger partial charge in [-0.25, -0.2) is 13.4 Å². The van der Waals surface area contributed by atoms with E-state index >= 15 is 0 Å². The van der Waals surface area contributed by atoms with Crippen LogP contribution in [-0.2, 0) is 35.5 Å². The van der Waals surface area contributed by atoms with Crippen molar-refractivity contribution in [1.29, 1.82) is 0 Å². The van der Waals surface area contributed by atoms with Crippen molar-refractivity contribution < 1.29 is 27.5 Å². The van der Waals surface area contributed by atoms with Crippen LogP contribution in [0.5, 0.6) is 0 Å². The summed E-state index contributed by atoms with van der Waals surface area (Å²) in [5.41, 5.74) is 0.541. The molecule has 0 saturated heterocycles. The van der Waals surface area contributed by atoms with Crippen LogP contribution in [0.3, 0.4) is 0 Å². The van der Waals surface area contributed by atoms with E-state index in [0.717, 1.165) is 14.2 Å². The number of sulfonamides is 1. The summed E-state index contributed by atoms with van der Waals surface area (Å²) in [6.07, 6.45) is 2.86. The average molecular weight is 319 g/mol. The first-order valence-corrected chi connectivity index (χ1v) is 7.50. The maximum Gasteiger partial charge on any atom is 0.325 e. The van der Waals surface area contributed by atoms with E-state index in [2.05, 4.69) is 24.2 Å². The molecule has 1 rings (SSSR count). The molecule has 0 amide bonds. The smallest absolute Gasteiger partial charge is 0.325 e. The minimum Gasteiger partial charge on any atom is -0.468 e. The molecular weight excluding hydrogens is 302 g/mol. The number of ether oxygens (including phenoxy) is 2. The van der Waals surface area contributed by atoms with Gasteiger partial charge >= 0.3 is 11.9 Å². The molecule has 0 spiro atoms. The number of aromatic amines is 1. The molecule has 2 atom stereocenters. The zero-order valence-corrected chi connectivity index (χ0v) is 12.6. The highest BCUT2D eigenvalue weighted by atomic mass is 32.2. The van der Waals surface area contributed by atoms with Gasteiger partial charge in [0.15, 0.2) is 5.25 Å². The molecule has 9 nitrogen and oxygen atoms in total. The van der Waals surface area contributed by atoms with Crippen LogP contribution in [-0.4, -0.2) is 55.8 Å². The van der Waals surface area contributed by atoms with Crippen molar-refractivity contribution in [2.75, 3.05) is 14.2 Å². The monoisotopic (exact) mass is 319 g/mol. The van der Waals surface area contributed by atoms with E-state index in [1.54, 1.807) is 0 Å². The molecule has 118 valence electrons. The number of methoxy groups -OCH3 is 2. The predicted octanol–water partition coefficient (Wildman–Crippen LogP) is -1.03. The summed E-state index contributed by atoms with van der Waals surface area (Å²) in [6, 6.07) is -1.17. The van der Waals surface area contributed by atoms with Gasteiger partial charge in [0.25, 0.3) is 0 Å². The van der Waals surface area contributed by atoms with Gasteiger partial charge in [0.05, 0.1) is 20.5 Å². The molecule has 0 bridgehead atoms. The third kappa shape index (κ3) is 4.53. The summed E-state index contributed by atoms with van der Waals surface area (Å²) in [4.78, 5) is 29.5. The maximum absolute atomic E-state index is 12.0. The molecule has 0 fully saturated rings. The Bertz CT molecular complexity index is 583. The molecule has 0 radical (unpaired) electrons. The van der Waals surface area contributed by atoms with E-state index < -0.39 is 33.3 Å². The van der Waals surface area contributed by atoms with Crippen LogP contribution in [0.1, 0.15) is 12.6 Å². The Morgan fingerprint density at radius 1 is 1.33 bits per heavy atom. The summed E-state index contributed by atoms with van der Waals surface area (Å²) in [5, 5.41) is -1.45. The van der Waals surface area contributed by atoms with Crippen molar-refractivity contribution in [3.05, 3.63) is 18.2 Å². The molecule has 2 N–H and O–H groups in total. The second kappa shape index (κ2) is 7.18. The van der Waals surface area contributed by atoms with Gasteiger partial charge in [-0.15, -0.1) is 0 Å². The van der Waals surface area contributed by atoms with Crippen LogP contribution in [0.2, 0.25) is 0 Å². The number of hydrogen-bond acceptors (Lipinski definition) is 7. The summed E-state index contributed by atoms with van der Waals surface area (Å²) in [6.45, 7) is 1.17. The van der Waals surface area contributed by atoms with Gasteiger partial charge in [-0.1, -0.05) is 0 Å². The zero-order chi connectivity index (χ0) is 16.0. The number of esters is 2. The highest BCUT2D eigenvalue weighted by molar-refractivity contribution is 7.90. The molecule has 1 unspecified atom stereocenters. The number of H-pyrrole nitrogens is 1. The average Bonchev–Trinajstić information content (AvgIpc) is 2.96. The van der Waals surface area contributed by atoms with Gasteiger partial charge in [-0.2, -0.15) is 4.72 Å². The second-order valence-corrected chi connectivity index (χ2v) is 6.22. The molecule has 1 aromatic heterocycles. The normalized spacial score (nSPS) is 14.2. The van der Waals surface area contributed by atoms with Crippen molar-refractivity contribution in [2.45, 2.75) is 24.6 Å². The third-order valence-corrected chi connectivity index (χ3v) is 4.51. The van der Waals surface area contributed by atoms with E-state index in [4.69, 9.17) is 0 Å². The Hall–Kier alpha value is -1.94. The van der Waals surface area contributed by atoms with E-state index in [1.165, 1.54) is 19.4 Å². The number of hydrogen-bond donors (Lipinski definition) is 2. The quantitative estimate of drug-likeness (QED) is 0.615. The van der Waals surface area contributed by atoms with Crippen LogP contribution in [0.15, 0.2) is 12.5 Å². The summed E-state index contributed by atoms with van der Waals surface area (Å²) in [5.74, 6) is -1.70. The SMILES string of the molecule is COC(=O)C(C)S(=O)(=O)N[C@@H](Cc1cnc[nH]1)C(=O)OC. The molecule has 21 heavy (non-hydrogen) atoms. The molecule has 10 heteroatoms. The zero-order valence-electron chi connectivity index (χ0n) is 11.8. The van der Waals surface area contributed by atoms with Gasteiger partial charge in [0.1, 0.15) is 6.04 Å². The van der Waals surface area contributed by atoms with Gasteiger partial charge in [-0.05, 0) is 6.92 Å². The Morgan fingerprint density at radius 3 is 2.43 bits per heavy atom. The number of nitrogens with zero attached hydrogens (tertiary/aromatic N) is 1. The summed E-state index contributed by atoms with van der Waals surface area (Å²) < 4.78 is 35.2. The van der Waals surface area contributed by atoms with Crippen molar-refractivity contribution in [3.8, 4) is 0 Å². The molecule has 0 aliphatic heterocycles. The number of imidazole rings is 1. The van der Waals surface area contributed by atoms with Crippen LogP contribution < -0.4 is 4.72 Å². The number of aromatic nitrogens is 2. The Balaban J connectivity index is 2.90. The highest BCUT2D eigenvalue weighted by Gasteiger charge is 2.34. The largest absolute Gasteiger partial charge is 0.468 e.